The maximum atomic E-state index is 12.2. The topological polar surface area (TPSA) is 75.6 Å². The number of carbonyl (C=O) groups is 1. The minimum absolute atomic E-state index is 0.226. The Morgan fingerprint density at radius 3 is 2.86 bits per heavy atom. The Balaban J connectivity index is 1.48. The van der Waals surface area contributed by atoms with Crippen LogP contribution in [-0.4, -0.2) is 25.9 Å². The second kappa shape index (κ2) is 5.14. The van der Waals surface area contributed by atoms with Gasteiger partial charge in [-0.15, -0.1) is 0 Å². The third-order valence-electron chi connectivity index (χ3n) is 3.71. The van der Waals surface area contributed by atoms with Crippen LogP contribution in [-0.2, 0) is 0 Å². The summed E-state index contributed by atoms with van der Waals surface area (Å²) in [4.78, 5) is 12.2. The van der Waals surface area contributed by atoms with Crippen LogP contribution in [0, 0.1) is 0 Å². The molecule has 0 aliphatic heterocycles. The average Bonchev–Trinajstić information content (AvgIpc) is 3.10. The van der Waals surface area contributed by atoms with E-state index in [-0.39, 0.29) is 5.91 Å². The van der Waals surface area contributed by atoms with Crippen molar-refractivity contribution < 1.29 is 4.79 Å². The van der Waals surface area contributed by atoms with Crippen molar-refractivity contribution in [2.24, 2.45) is 0 Å². The molecule has 0 saturated heterocycles. The number of hydrogen-bond acceptors (Lipinski definition) is 3. The maximum absolute atomic E-state index is 12.2. The first-order valence-electron chi connectivity index (χ1n) is 7.26. The Labute approximate surface area is 127 Å². The summed E-state index contributed by atoms with van der Waals surface area (Å²) in [6.07, 6.45) is 5.75. The van der Waals surface area contributed by atoms with Gasteiger partial charge in [-0.25, -0.2) is 4.68 Å². The SMILES string of the molecule is O=C(Nc1cnn(-c2ccccc2)c1)c1cc(C2CC2)[nH]n1. The van der Waals surface area contributed by atoms with Crippen LogP contribution in [0.2, 0.25) is 0 Å². The summed E-state index contributed by atoms with van der Waals surface area (Å²) in [7, 11) is 0. The van der Waals surface area contributed by atoms with Crippen LogP contribution >= 0.6 is 0 Å². The van der Waals surface area contributed by atoms with Crippen molar-refractivity contribution >= 4 is 11.6 Å². The summed E-state index contributed by atoms with van der Waals surface area (Å²) < 4.78 is 1.72. The number of aromatic nitrogens is 4. The molecule has 2 aromatic heterocycles. The lowest BCUT2D eigenvalue weighted by Crippen LogP contribution is -2.11. The van der Waals surface area contributed by atoms with Gasteiger partial charge in [0.1, 0.15) is 0 Å². The van der Waals surface area contributed by atoms with Crippen molar-refractivity contribution in [1.29, 1.82) is 0 Å². The van der Waals surface area contributed by atoms with E-state index >= 15 is 0 Å². The molecular formula is C16H15N5O. The average molecular weight is 293 g/mol. The molecule has 22 heavy (non-hydrogen) atoms. The Bertz CT molecular complexity index is 801. The molecule has 2 heterocycles. The van der Waals surface area contributed by atoms with E-state index in [1.165, 1.54) is 12.8 Å². The molecular weight excluding hydrogens is 278 g/mol. The zero-order chi connectivity index (χ0) is 14.9. The zero-order valence-electron chi connectivity index (χ0n) is 11.9. The van der Waals surface area contributed by atoms with Gasteiger partial charge in [-0.2, -0.15) is 10.2 Å². The molecule has 0 bridgehead atoms. The minimum atomic E-state index is -0.226. The molecule has 2 N–H and O–H groups in total. The van der Waals surface area contributed by atoms with Crippen LogP contribution in [0.1, 0.15) is 34.9 Å². The van der Waals surface area contributed by atoms with E-state index in [1.807, 2.05) is 36.4 Å². The van der Waals surface area contributed by atoms with Gasteiger partial charge < -0.3 is 5.32 Å². The van der Waals surface area contributed by atoms with Crippen LogP contribution in [0.25, 0.3) is 5.69 Å². The summed E-state index contributed by atoms with van der Waals surface area (Å²) in [6.45, 7) is 0. The Morgan fingerprint density at radius 2 is 2.09 bits per heavy atom. The number of para-hydroxylation sites is 1. The van der Waals surface area contributed by atoms with Gasteiger partial charge in [0.15, 0.2) is 5.69 Å². The standard InChI is InChI=1S/C16H15N5O/c22-16(15-8-14(19-20-15)11-6-7-11)18-12-9-17-21(10-12)13-4-2-1-3-5-13/h1-5,8-11H,6-7H2,(H,18,22)(H,19,20). The lowest BCUT2D eigenvalue weighted by molar-refractivity contribution is 0.102. The van der Waals surface area contributed by atoms with Gasteiger partial charge >= 0.3 is 0 Å². The van der Waals surface area contributed by atoms with Gasteiger partial charge in [0.05, 0.1) is 23.8 Å². The lowest BCUT2D eigenvalue weighted by Gasteiger charge is -2.00. The smallest absolute Gasteiger partial charge is 0.276 e. The van der Waals surface area contributed by atoms with Crippen molar-refractivity contribution in [2.45, 2.75) is 18.8 Å². The number of anilines is 1. The van der Waals surface area contributed by atoms with Crippen molar-refractivity contribution in [3.05, 3.63) is 60.2 Å². The molecule has 1 aliphatic carbocycles. The summed E-state index contributed by atoms with van der Waals surface area (Å²) in [5, 5.41) is 14.1. The number of amides is 1. The monoisotopic (exact) mass is 293 g/mol. The van der Waals surface area contributed by atoms with E-state index in [1.54, 1.807) is 17.1 Å². The number of hydrogen-bond donors (Lipinski definition) is 2. The minimum Gasteiger partial charge on any atom is -0.318 e. The fourth-order valence-corrected chi connectivity index (χ4v) is 2.36. The van der Waals surface area contributed by atoms with Gasteiger partial charge in [0, 0.05) is 11.6 Å². The number of H-pyrrole nitrogens is 1. The van der Waals surface area contributed by atoms with Crippen LogP contribution in [0.5, 0.6) is 0 Å². The van der Waals surface area contributed by atoms with E-state index in [2.05, 4.69) is 20.6 Å². The maximum Gasteiger partial charge on any atom is 0.276 e. The summed E-state index contributed by atoms with van der Waals surface area (Å²) in [6, 6.07) is 11.6. The molecule has 0 radical (unpaired) electrons. The van der Waals surface area contributed by atoms with Gasteiger partial charge in [-0.3, -0.25) is 9.89 Å². The first-order chi connectivity index (χ1) is 10.8. The number of rotatable bonds is 4. The Kier molecular flexibility index (Phi) is 3.00. The summed E-state index contributed by atoms with van der Waals surface area (Å²) >= 11 is 0. The van der Waals surface area contributed by atoms with E-state index < -0.39 is 0 Å². The van der Waals surface area contributed by atoms with E-state index in [9.17, 15) is 4.79 Å². The van der Waals surface area contributed by atoms with Crippen LogP contribution < -0.4 is 5.32 Å². The normalized spacial score (nSPS) is 14.0. The van der Waals surface area contributed by atoms with Crippen LogP contribution in [0.15, 0.2) is 48.8 Å². The summed E-state index contributed by atoms with van der Waals surface area (Å²) in [5.74, 6) is 0.325. The quantitative estimate of drug-likeness (QED) is 0.776. The van der Waals surface area contributed by atoms with E-state index in [4.69, 9.17) is 0 Å². The molecule has 0 atom stereocenters. The van der Waals surface area contributed by atoms with Crippen molar-refractivity contribution in [2.75, 3.05) is 5.32 Å². The van der Waals surface area contributed by atoms with E-state index in [0.717, 1.165) is 11.4 Å². The second-order valence-corrected chi connectivity index (χ2v) is 5.45. The van der Waals surface area contributed by atoms with Crippen molar-refractivity contribution in [3.63, 3.8) is 0 Å². The molecule has 3 aromatic rings. The van der Waals surface area contributed by atoms with Gasteiger partial charge in [0.25, 0.3) is 5.91 Å². The largest absolute Gasteiger partial charge is 0.318 e. The predicted molar refractivity (Wildman–Crippen MR) is 82.1 cm³/mol. The Hall–Kier alpha value is -2.89. The molecule has 1 saturated carbocycles. The van der Waals surface area contributed by atoms with Gasteiger partial charge in [0.2, 0.25) is 0 Å². The van der Waals surface area contributed by atoms with Gasteiger partial charge in [-0.1, -0.05) is 18.2 Å². The molecule has 0 spiro atoms. The number of benzene rings is 1. The third kappa shape index (κ3) is 2.50. The van der Waals surface area contributed by atoms with Crippen LogP contribution in [0.3, 0.4) is 0 Å². The second-order valence-electron chi connectivity index (χ2n) is 5.45. The molecule has 0 unspecified atom stereocenters. The summed E-state index contributed by atoms with van der Waals surface area (Å²) in [5.41, 5.74) is 3.04. The molecule has 1 aliphatic rings. The van der Waals surface area contributed by atoms with E-state index in [0.29, 0.717) is 17.3 Å². The molecule has 6 nitrogen and oxygen atoms in total. The fourth-order valence-electron chi connectivity index (χ4n) is 2.36. The highest BCUT2D eigenvalue weighted by Gasteiger charge is 2.26. The number of aromatic amines is 1. The highest BCUT2D eigenvalue weighted by atomic mass is 16.1. The molecule has 110 valence electrons. The highest BCUT2D eigenvalue weighted by Crippen LogP contribution is 2.39. The van der Waals surface area contributed by atoms with Gasteiger partial charge in [-0.05, 0) is 31.0 Å². The molecule has 1 fully saturated rings. The van der Waals surface area contributed by atoms with Crippen LogP contribution in [0.4, 0.5) is 5.69 Å². The first kappa shape index (κ1) is 12.8. The molecule has 1 amide bonds. The lowest BCUT2D eigenvalue weighted by atomic mass is 10.2. The number of nitrogens with zero attached hydrogens (tertiary/aromatic N) is 3. The molecule has 1 aromatic carbocycles. The zero-order valence-corrected chi connectivity index (χ0v) is 11.9. The first-order valence-corrected chi connectivity index (χ1v) is 7.26. The van der Waals surface area contributed by atoms with Crippen molar-refractivity contribution in [3.8, 4) is 5.69 Å². The third-order valence-corrected chi connectivity index (χ3v) is 3.71. The number of carbonyl (C=O) groups excluding carboxylic acids is 1. The predicted octanol–water partition coefficient (Wildman–Crippen LogP) is 2.73. The Morgan fingerprint density at radius 1 is 1.27 bits per heavy atom. The fraction of sp³-hybridized carbons (Fsp3) is 0.188. The number of nitrogens with one attached hydrogen (secondary N) is 2. The molecule has 4 rings (SSSR count). The highest BCUT2D eigenvalue weighted by molar-refractivity contribution is 6.02. The molecule has 6 heteroatoms. The van der Waals surface area contributed by atoms with Crippen molar-refractivity contribution in [1.82, 2.24) is 20.0 Å².